The van der Waals surface area contributed by atoms with Gasteiger partial charge in [-0.15, -0.1) is 0 Å². The number of hydrogen-bond donors (Lipinski definition) is 1. The molecule has 0 atom stereocenters. The molecular weight excluding hydrogens is 378 g/mol. The number of hydrogen-bond acceptors (Lipinski definition) is 6. The predicted molar refractivity (Wildman–Crippen MR) is 111 cm³/mol. The van der Waals surface area contributed by atoms with Crippen LogP contribution in [0.4, 0.5) is 23.0 Å². The highest BCUT2D eigenvalue weighted by atomic mass is 35.5. The number of aromatic nitrogens is 2. The first-order valence-corrected chi connectivity index (χ1v) is 9.20. The van der Waals surface area contributed by atoms with Gasteiger partial charge in [-0.05, 0) is 43.2 Å². The van der Waals surface area contributed by atoms with E-state index >= 15 is 0 Å². The second-order valence-electron chi connectivity index (χ2n) is 6.18. The van der Waals surface area contributed by atoms with Crippen LogP contribution >= 0.6 is 11.6 Å². The molecule has 144 valence electrons. The molecule has 0 saturated heterocycles. The highest BCUT2D eigenvalue weighted by Gasteiger charge is 2.27. The number of aryl methyl sites for hydroxylation is 1. The van der Waals surface area contributed by atoms with E-state index < -0.39 is 4.92 Å². The van der Waals surface area contributed by atoms with Crippen molar-refractivity contribution >= 4 is 34.6 Å². The number of nitro groups is 1. The molecule has 1 N–H and O–H groups in total. The molecule has 1 heterocycles. The summed E-state index contributed by atoms with van der Waals surface area (Å²) in [4.78, 5) is 21.5. The quantitative estimate of drug-likeness (QED) is 0.440. The Morgan fingerprint density at radius 1 is 1.18 bits per heavy atom. The maximum absolute atomic E-state index is 11.9. The normalized spacial score (nSPS) is 10.5. The molecule has 8 heteroatoms. The van der Waals surface area contributed by atoms with Crippen LogP contribution in [-0.4, -0.2) is 21.4 Å². The number of nitrogens with zero attached hydrogens (tertiary/aromatic N) is 4. The lowest BCUT2D eigenvalue weighted by Crippen LogP contribution is -2.20. The molecule has 0 saturated carbocycles. The van der Waals surface area contributed by atoms with Crippen molar-refractivity contribution in [3.63, 3.8) is 0 Å². The van der Waals surface area contributed by atoms with Gasteiger partial charge in [-0.3, -0.25) is 10.1 Å². The molecule has 0 spiro atoms. The molecule has 28 heavy (non-hydrogen) atoms. The molecule has 3 aromatic rings. The maximum Gasteiger partial charge on any atom is 0.353 e. The summed E-state index contributed by atoms with van der Waals surface area (Å²) in [7, 11) is 0. The van der Waals surface area contributed by atoms with Crippen molar-refractivity contribution in [2.45, 2.75) is 20.4 Å². The molecule has 0 aliphatic heterocycles. The topological polar surface area (TPSA) is 84.2 Å². The number of rotatable bonds is 7. The van der Waals surface area contributed by atoms with E-state index in [2.05, 4.69) is 15.3 Å². The fourth-order valence-electron chi connectivity index (χ4n) is 2.94. The molecule has 3 rings (SSSR count). The van der Waals surface area contributed by atoms with Crippen molar-refractivity contribution in [1.29, 1.82) is 0 Å². The largest absolute Gasteiger partial charge is 0.360 e. The Morgan fingerprint density at radius 3 is 2.64 bits per heavy atom. The smallest absolute Gasteiger partial charge is 0.353 e. The lowest BCUT2D eigenvalue weighted by atomic mass is 10.2. The summed E-state index contributed by atoms with van der Waals surface area (Å²) in [6, 6.07) is 15.1. The number of anilines is 3. The van der Waals surface area contributed by atoms with E-state index in [9.17, 15) is 10.1 Å². The molecule has 0 bridgehead atoms. The Labute approximate surface area is 168 Å². The van der Waals surface area contributed by atoms with Gasteiger partial charge in [-0.2, -0.15) is 0 Å². The Bertz CT molecular complexity index is 996. The third kappa shape index (κ3) is 4.20. The van der Waals surface area contributed by atoms with Gasteiger partial charge in [-0.1, -0.05) is 41.9 Å². The Hall–Kier alpha value is -3.19. The molecule has 0 fully saturated rings. The molecular formula is C20H20ClN5O2. The molecule has 1 aromatic heterocycles. The molecule has 2 aromatic carbocycles. The number of nitrogens with one attached hydrogen (secondary N) is 1. The van der Waals surface area contributed by atoms with E-state index in [-0.39, 0.29) is 17.3 Å². The fraction of sp³-hybridized carbons (Fsp3) is 0.200. The van der Waals surface area contributed by atoms with Crippen molar-refractivity contribution in [1.82, 2.24) is 9.97 Å². The Kier molecular flexibility index (Phi) is 6.06. The highest BCUT2D eigenvalue weighted by Crippen LogP contribution is 2.36. The summed E-state index contributed by atoms with van der Waals surface area (Å²) in [6.45, 7) is 4.73. The van der Waals surface area contributed by atoms with Crippen LogP contribution < -0.4 is 10.2 Å². The first kappa shape index (κ1) is 19.6. The monoisotopic (exact) mass is 397 g/mol. The maximum atomic E-state index is 11.9. The third-order valence-corrected chi connectivity index (χ3v) is 4.64. The molecule has 0 radical (unpaired) electrons. The molecule has 0 aliphatic rings. The van der Waals surface area contributed by atoms with Gasteiger partial charge < -0.3 is 10.2 Å². The summed E-state index contributed by atoms with van der Waals surface area (Å²) in [5.74, 6) is 0.399. The van der Waals surface area contributed by atoms with Gasteiger partial charge in [-0.25, -0.2) is 9.97 Å². The van der Waals surface area contributed by atoms with E-state index in [0.29, 0.717) is 18.1 Å². The lowest BCUT2D eigenvalue weighted by Gasteiger charge is -2.22. The van der Waals surface area contributed by atoms with Crippen molar-refractivity contribution < 1.29 is 4.92 Å². The van der Waals surface area contributed by atoms with Gasteiger partial charge in [0.1, 0.15) is 6.33 Å². The second kappa shape index (κ2) is 8.67. The highest BCUT2D eigenvalue weighted by molar-refractivity contribution is 6.31. The van der Waals surface area contributed by atoms with Crippen LogP contribution in [0, 0.1) is 17.0 Å². The summed E-state index contributed by atoms with van der Waals surface area (Å²) in [5, 5.41) is 15.5. The van der Waals surface area contributed by atoms with E-state index in [1.54, 1.807) is 11.0 Å². The van der Waals surface area contributed by atoms with E-state index in [1.807, 2.05) is 56.3 Å². The van der Waals surface area contributed by atoms with E-state index in [4.69, 9.17) is 11.6 Å². The van der Waals surface area contributed by atoms with Crippen LogP contribution in [0.1, 0.15) is 18.1 Å². The fourth-order valence-corrected chi connectivity index (χ4v) is 3.14. The lowest BCUT2D eigenvalue weighted by molar-refractivity contribution is -0.383. The van der Waals surface area contributed by atoms with Crippen LogP contribution in [-0.2, 0) is 6.54 Å². The second-order valence-corrected chi connectivity index (χ2v) is 6.59. The summed E-state index contributed by atoms with van der Waals surface area (Å²) in [5.41, 5.74) is 2.55. The zero-order valence-corrected chi connectivity index (χ0v) is 16.3. The summed E-state index contributed by atoms with van der Waals surface area (Å²) < 4.78 is 0. The molecule has 0 unspecified atom stereocenters. The first-order valence-electron chi connectivity index (χ1n) is 8.82. The zero-order chi connectivity index (χ0) is 20.1. The van der Waals surface area contributed by atoms with Gasteiger partial charge in [0, 0.05) is 23.8 Å². The van der Waals surface area contributed by atoms with Crippen LogP contribution in [0.3, 0.4) is 0 Å². The van der Waals surface area contributed by atoms with Gasteiger partial charge >= 0.3 is 5.69 Å². The minimum absolute atomic E-state index is 0.154. The van der Waals surface area contributed by atoms with Gasteiger partial charge in [0.2, 0.25) is 11.6 Å². The average Bonchev–Trinajstić information content (AvgIpc) is 2.68. The van der Waals surface area contributed by atoms with Crippen LogP contribution in [0.25, 0.3) is 0 Å². The van der Waals surface area contributed by atoms with Gasteiger partial charge in [0.05, 0.1) is 4.92 Å². The van der Waals surface area contributed by atoms with Gasteiger partial charge in [0.25, 0.3) is 0 Å². The van der Waals surface area contributed by atoms with Crippen molar-refractivity contribution in [2.75, 3.05) is 16.8 Å². The minimum Gasteiger partial charge on any atom is -0.360 e. The van der Waals surface area contributed by atoms with Crippen molar-refractivity contribution in [3.8, 4) is 0 Å². The summed E-state index contributed by atoms with van der Waals surface area (Å²) in [6.07, 6.45) is 1.33. The Balaban J connectivity index is 1.99. The zero-order valence-electron chi connectivity index (χ0n) is 15.6. The first-order chi connectivity index (χ1) is 13.5. The standard InChI is InChI=1S/C20H20ClN5O2/c1-3-25(16-9-6-7-14(2)11-16)20-18(26(27)28)19(23-13-24-20)22-12-15-8-4-5-10-17(15)21/h4-11,13H,3,12H2,1-2H3,(H,22,23,24). The van der Waals surface area contributed by atoms with Crippen molar-refractivity contribution in [2.24, 2.45) is 0 Å². The van der Waals surface area contributed by atoms with Crippen LogP contribution in [0.2, 0.25) is 5.02 Å². The van der Waals surface area contributed by atoms with Crippen molar-refractivity contribution in [3.05, 3.63) is 81.1 Å². The minimum atomic E-state index is -0.456. The van der Waals surface area contributed by atoms with Crippen LogP contribution in [0.5, 0.6) is 0 Å². The number of benzene rings is 2. The number of halogens is 1. The predicted octanol–water partition coefficient (Wildman–Crippen LogP) is 5.12. The average molecular weight is 398 g/mol. The molecule has 0 amide bonds. The Morgan fingerprint density at radius 2 is 1.96 bits per heavy atom. The van der Waals surface area contributed by atoms with E-state index in [1.165, 1.54) is 6.33 Å². The molecule has 7 nitrogen and oxygen atoms in total. The SMILES string of the molecule is CCN(c1cccc(C)c1)c1ncnc(NCc2ccccc2Cl)c1[N+](=O)[O-]. The third-order valence-electron chi connectivity index (χ3n) is 4.27. The van der Waals surface area contributed by atoms with Gasteiger partial charge in [0.15, 0.2) is 0 Å². The molecule has 0 aliphatic carbocycles. The van der Waals surface area contributed by atoms with E-state index in [0.717, 1.165) is 16.8 Å². The summed E-state index contributed by atoms with van der Waals surface area (Å²) >= 11 is 6.18. The van der Waals surface area contributed by atoms with Crippen LogP contribution in [0.15, 0.2) is 54.9 Å².